The average Bonchev–Trinajstić information content (AvgIpc) is 3.40. The number of allylic oxidation sites excluding steroid dienone is 3. The Kier molecular flexibility index (Phi) is 6.13. The van der Waals surface area contributed by atoms with E-state index in [1.165, 1.54) is 0 Å². The Morgan fingerprint density at radius 3 is 1.60 bits per heavy atom. The van der Waals surface area contributed by atoms with Crippen molar-refractivity contribution in [2.45, 2.75) is 27.7 Å². The summed E-state index contributed by atoms with van der Waals surface area (Å²) < 4.78 is 0. The molecule has 0 fully saturated rings. The summed E-state index contributed by atoms with van der Waals surface area (Å²) in [6.07, 6.45) is 3.47. The number of carbonyl (C=O) groups excluding carboxylic acids is 2. The van der Waals surface area contributed by atoms with Crippen LogP contribution in [-0.4, -0.2) is 29.4 Å². The van der Waals surface area contributed by atoms with Crippen LogP contribution in [-0.2, 0) is 0 Å². The first-order chi connectivity index (χ1) is 20.7. The van der Waals surface area contributed by atoms with Crippen molar-refractivity contribution in [2.24, 2.45) is 0 Å². The van der Waals surface area contributed by atoms with Crippen LogP contribution >= 0.6 is 0 Å². The highest BCUT2D eigenvalue weighted by Crippen LogP contribution is 2.51. The van der Waals surface area contributed by atoms with Crippen LogP contribution in [0.3, 0.4) is 0 Å². The summed E-state index contributed by atoms with van der Waals surface area (Å²) in [6, 6.07) is 25.0. The summed E-state index contributed by atoms with van der Waals surface area (Å²) in [4.78, 5) is 41.3. The molecule has 0 saturated carbocycles. The van der Waals surface area contributed by atoms with Crippen LogP contribution in [0.15, 0.2) is 102 Å². The van der Waals surface area contributed by atoms with Crippen molar-refractivity contribution in [1.82, 2.24) is 9.97 Å². The molecule has 2 radical (unpaired) electrons. The zero-order valence-corrected chi connectivity index (χ0v) is 24.3. The number of Topliss-reactive ketones (excluding diaryl/α,β-unsaturated/α-hetero) is 2. The fourth-order valence-corrected chi connectivity index (χ4v) is 6.16. The number of aromatic nitrogens is 2. The Morgan fingerprint density at radius 1 is 0.605 bits per heavy atom. The predicted octanol–water partition coefficient (Wildman–Crippen LogP) is 6.79. The number of para-hydroxylation sites is 4. The first-order valence-electron chi connectivity index (χ1n) is 14.1. The molecule has 0 amide bonds. The van der Waals surface area contributed by atoms with Crippen LogP contribution in [0.5, 0.6) is 0 Å². The number of benzene rings is 4. The van der Waals surface area contributed by atoms with Crippen LogP contribution in [0.1, 0.15) is 43.0 Å². The van der Waals surface area contributed by atoms with Gasteiger partial charge in [-0.3, -0.25) is 19.4 Å². The van der Waals surface area contributed by atoms with E-state index >= 15 is 0 Å². The molecular formula is C36H27BN4O2. The van der Waals surface area contributed by atoms with Crippen molar-refractivity contribution in [2.75, 3.05) is 9.80 Å². The molecule has 0 spiro atoms. The highest BCUT2D eigenvalue weighted by atomic mass is 16.2. The number of carbonyl (C=O) groups is 2. The maximum atomic E-state index is 13.4. The van der Waals surface area contributed by atoms with Gasteiger partial charge in [-0.2, -0.15) is 0 Å². The van der Waals surface area contributed by atoms with E-state index in [1.54, 1.807) is 24.3 Å². The van der Waals surface area contributed by atoms with Gasteiger partial charge in [-0.05, 0) is 74.2 Å². The third kappa shape index (κ3) is 4.11. The number of fused-ring (bicyclic) bond motifs is 3. The molecular weight excluding hydrogens is 531 g/mol. The fourth-order valence-electron chi connectivity index (χ4n) is 6.16. The van der Waals surface area contributed by atoms with E-state index in [1.807, 2.05) is 42.5 Å². The summed E-state index contributed by atoms with van der Waals surface area (Å²) in [5.41, 5.74) is 8.92. The number of anilines is 4. The third-order valence-electron chi connectivity index (χ3n) is 8.16. The molecule has 0 atom stereocenters. The SMILES string of the molecule is [B]c1ccc2c(c1)C(=O)/C(=C/C=C1N(c3c(C)cccc3C)c3nc4ccccc4nc3N1c1c(C)cccc1C)C2=O. The molecule has 0 saturated heterocycles. The minimum absolute atomic E-state index is 0.0954. The molecule has 1 aliphatic heterocycles. The van der Waals surface area contributed by atoms with Gasteiger partial charge in [0.2, 0.25) is 0 Å². The van der Waals surface area contributed by atoms with Crippen LogP contribution in [0, 0.1) is 27.7 Å². The van der Waals surface area contributed by atoms with Crippen LogP contribution in [0.4, 0.5) is 23.0 Å². The number of aryl methyl sites for hydroxylation is 4. The Bertz CT molecular complexity index is 1960. The van der Waals surface area contributed by atoms with Crippen molar-refractivity contribution in [1.29, 1.82) is 0 Å². The van der Waals surface area contributed by atoms with Gasteiger partial charge >= 0.3 is 0 Å². The van der Waals surface area contributed by atoms with Gasteiger partial charge in [0, 0.05) is 11.1 Å². The van der Waals surface area contributed by atoms with Crippen molar-refractivity contribution in [3.63, 3.8) is 0 Å². The first-order valence-corrected chi connectivity index (χ1v) is 14.1. The topological polar surface area (TPSA) is 66.4 Å². The highest BCUT2D eigenvalue weighted by molar-refractivity contribution is 6.41. The number of hydrogen-bond donors (Lipinski definition) is 0. The van der Waals surface area contributed by atoms with Gasteiger partial charge in [-0.15, -0.1) is 0 Å². The molecule has 5 aromatic rings. The Hall–Kier alpha value is -5.30. The molecule has 0 bridgehead atoms. The predicted molar refractivity (Wildman–Crippen MR) is 172 cm³/mol. The Balaban J connectivity index is 1.54. The second-order valence-electron chi connectivity index (χ2n) is 11.1. The van der Waals surface area contributed by atoms with E-state index in [4.69, 9.17) is 17.8 Å². The summed E-state index contributed by atoms with van der Waals surface area (Å²) in [6.45, 7) is 8.28. The summed E-state index contributed by atoms with van der Waals surface area (Å²) in [7, 11) is 5.95. The first kappa shape index (κ1) is 26.6. The normalized spacial score (nSPS) is 15.1. The number of nitrogens with zero attached hydrogens (tertiary/aromatic N) is 4. The lowest BCUT2D eigenvalue weighted by atomic mass is 9.93. The molecule has 1 aromatic heterocycles. The zero-order chi connectivity index (χ0) is 30.0. The Labute approximate surface area is 251 Å². The van der Waals surface area contributed by atoms with Crippen molar-refractivity contribution in [3.8, 4) is 0 Å². The molecule has 0 N–H and O–H groups in total. The highest BCUT2D eigenvalue weighted by Gasteiger charge is 2.39. The molecule has 7 heteroatoms. The fraction of sp³-hybridized carbons (Fsp3) is 0.111. The number of hydrogen-bond acceptors (Lipinski definition) is 6. The van der Waals surface area contributed by atoms with E-state index in [9.17, 15) is 9.59 Å². The molecule has 0 unspecified atom stereocenters. The zero-order valence-electron chi connectivity index (χ0n) is 24.3. The smallest absolute Gasteiger partial charge is 0.197 e. The minimum Gasteiger partial charge on any atom is -0.288 e. The van der Waals surface area contributed by atoms with Crippen LogP contribution < -0.4 is 15.3 Å². The number of ketones is 2. The summed E-state index contributed by atoms with van der Waals surface area (Å²) in [5, 5.41) is 0. The van der Waals surface area contributed by atoms with Gasteiger partial charge in [-0.25, -0.2) is 9.97 Å². The quantitative estimate of drug-likeness (QED) is 0.138. The van der Waals surface area contributed by atoms with Crippen LogP contribution in [0.25, 0.3) is 11.0 Å². The van der Waals surface area contributed by atoms with Gasteiger partial charge in [0.15, 0.2) is 23.2 Å². The second kappa shape index (κ2) is 9.91. The molecule has 6 nitrogen and oxygen atoms in total. The van der Waals surface area contributed by atoms with E-state index in [0.717, 1.165) is 44.7 Å². The van der Waals surface area contributed by atoms with Gasteiger partial charge in [0.1, 0.15) is 13.7 Å². The lowest BCUT2D eigenvalue weighted by molar-refractivity contribution is 0.0988. The molecule has 7 rings (SSSR count). The second-order valence-corrected chi connectivity index (χ2v) is 11.1. The van der Waals surface area contributed by atoms with E-state index in [2.05, 4.69) is 61.8 Å². The monoisotopic (exact) mass is 558 g/mol. The molecule has 43 heavy (non-hydrogen) atoms. The maximum Gasteiger partial charge on any atom is 0.197 e. The summed E-state index contributed by atoms with van der Waals surface area (Å²) in [5.74, 6) is 1.40. The van der Waals surface area contributed by atoms with Gasteiger partial charge in [0.25, 0.3) is 0 Å². The van der Waals surface area contributed by atoms with Crippen molar-refractivity contribution < 1.29 is 9.59 Å². The molecule has 2 heterocycles. The van der Waals surface area contributed by atoms with Crippen LogP contribution in [0.2, 0.25) is 0 Å². The Morgan fingerprint density at radius 2 is 1.09 bits per heavy atom. The molecule has 1 aliphatic carbocycles. The summed E-state index contributed by atoms with van der Waals surface area (Å²) >= 11 is 0. The molecule has 2 aliphatic rings. The van der Waals surface area contributed by atoms with E-state index in [-0.39, 0.29) is 17.1 Å². The molecule has 4 aromatic carbocycles. The van der Waals surface area contributed by atoms with Gasteiger partial charge in [0.05, 0.1) is 28.0 Å². The minimum atomic E-state index is -0.334. The lowest BCUT2D eigenvalue weighted by Crippen LogP contribution is -2.24. The van der Waals surface area contributed by atoms with Gasteiger partial charge < -0.3 is 0 Å². The maximum absolute atomic E-state index is 13.4. The van der Waals surface area contributed by atoms with Gasteiger partial charge in [-0.1, -0.05) is 72.2 Å². The lowest BCUT2D eigenvalue weighted by Gasteiger charge is -2.28. The number of rotatable bonds is 3. The van der Waals surface area contributed by atoms with Crippen molar-refractivity contribution >= 4 is 58.9 Å². The largest absolute Gasteiger partial charge is 0.288 e. The van der Waals surface area contributed by atoms with Crippen molar-refractivity contribution in [3.05, 3.63) is 136 Å². The third-order valence-corrected chi connectivity index (χ3v) is 8.16. The molecule has 206 valence electrons. The van der Waals surface area contributed by atoms with E-state index in [0.29, 0.717) is 34.0 Å². The average molecular weight is 558 g/mol. The standard InChI is InChI=1S/C36H27BN4O2/c1-20-9-7-10-21(2)31(20)40-30(18-17-26-33(42)25-16-15-24(37)19-27(25)34(26)43)41(32-22(3)11-8-12-23(32)4)36-35(40)38-28-13-5-6-14-29(28)39-36/h5-19H,1-4H3/b26-17+. The van der Waals surface area contributed by atoms with E-state index < -0.39 is 0 Å².